The van der Waals surface area contributed by atoms with Gasteiger partial charge in [-0.15, -0.1) is 0 Å². The molecule has 1 aliphatic heterocycles. The molecule has 1 atom stereocenters. The maximum atomic E-state index is 13.1. The molecular weight excluding hydrogens is 357 g/mol. The van der Waals surface area contributed by atoms with E-state index in [9.17, 15) is 9.18 Å². The Morgan fingerprint density at radius 1 is 1.14 bits per heavy atom. The maximum Gasteiger partial charge on any atom is 0.253 e. The Hall–Kier alpha value is -3.02. The largest absolute Gasteiger partial charge is 0.339 e. The van der Waals surface area contributed by atoms with E-state index in [1.165, 1.54) is 12.1 Å². The molecule has 2 heterocycles. The molecule has 5 nitrogen and oxygen atoms in total. The topological polar surface area (TPSA) is 59.2 Å². The molecule has 0 saturated carbocycles. The Morgan fingerprint density at radius 3 is 2.57 bits per heavy atom. The minimum absolute atomic E-state index is 0.00491. The first-order chi connectivity index (χ1) is 13.5. The summed E-state index contributed by atoms with van der Waals surface area (Å²) in [5, 5.41) is 4.03. The van der Waals surface area contributed by atoms with Gasteiger partial charge in [0, 0.05) is 24.2 Å². The van der Waals surface area contributed by atoms with E-state index in [1.54, 1.807) is 12.1 Å². The van der Waals surface area contributed by atoms with Gasteiger partial charge in [0.2, 0.25) is 11.7 Å². The molecule has 1 aromatic heterocycles. The number of aromatic nitrogens is 2. The highest BCUT2D eigenvalue weighted by atomic mass is 19.1. The summed E-state index contributed by atoms with van der Waals surface area (Å²) >= 11 is 0. The normalized spacial score (nSPS) is 17.0. The lowest BCUT2D eigenvalue weighted by Gasteiger charge is -2.31. The van der Waals surface area contributed by atoms with Gasteiger partial charge < -0.3 is 9.42 Å². The van der Waals surface area contributed by atoms with Gasteiger partial charge in [-0.2, -0.15) is 4.98 Å². The summed E-state index contributed by atoms with van der Waals surface area (Å²) < 4.78 is 18.6. The Labute approximate surface area is 163 Å². The van der Waals surface area contributed by atoms with Gasteiger partial charge in [0.15, 0.2) is 0 Å². The standard InChI is InChI=1S/C22H22FN3O2/c1-14-10-15(2)12-18(11-14)22(27)26-9-3-4-17(13-26)21-24-20(25-28-21)16-5-7-19(23)8-6-16/h5-8,10-12,17H,3-4,9,13H2,1-2H3. The molecule has 28 heavy (non-hydrogen) atoms. The van der Waals surface area contributed by atoms with Crippen molar-refractivity contribution in [1.29, 1.82) is 0 Å². The molecule has 6 heteroatoms. The van der Waals surface area contributed by atoms with Gasteiger partial charge in [0.25, 0.3) is 5.91 Å². The summed E-state index contributed by atoms with van der Waals surface area (Å²) in [6.45, 7) is 5.27. The third kappa shape index (κ3) is 3.81. The predicted octanol–water partition coefficient (Wildman–Crippen LogP) is 4.51. The fourth-order valence-corrected chi connectivity index (χ4v) is 3.76. The van der Waals surface area contributed by atoms with E-state index in [4.69, 9.17) is 4.52 Å². The van der Waals surface area contributed by atoms with Gasteiger partial charge in [-0.1, -0.05) is 22.3 Å². The molecule has 4 rings (SSSR count). The van der Waals surface area contributed by atoms with Gasteiger partial charge in [-0.05, 0) is 63.1 Å². The number of likely N-dealkylation sites (tertiary alicyclic amines) is 1. The van der Waals surface area contributed by atoms with Gasteiger partial charge >= 0.3 is 0 Å². The Kier molecular flexibility index (Phi) is 4.94. The average molecular weight is 379 g/mol. The Bertz CT molecular complexity index is 977. The number of piperidine rings is 1. The van der Waals surface area contributed by atoms with Crippen molar-refractivity contribution < 1.29 is 13.7 Å². The summed E-state index contributed by atoms with van der Waals surface area (Å²) in [4.78, 5) is 19.3. The fraction of sp³-hybridized carbons (Fsp3) is 0.318. The summed E-state index contributed by atoms with van der Waals surface area (Å²) in [7, 11) is 0. The minimum atomic E-state index is -0.305. The van der Waals surface area contributed by atoms with Crippen molar-refractivity contribution in [3.8, 4) is 11.4 Å². The van der Waals surface area contributed by atoms with E-state index in [0.29, 0.717) is 23.8 Å². The van der Waals surface area contributed by atoms with E-state index in [1.807, 2.05) is 30.9 Å². The van der Waals surface area contributed by atoms with Crippen molar-refractivity contribution in [1.82, 2.24) is 15.0 Å². The SMILES string of the molecule is Cc1cc(C)cc(C(=O)N2CCCC(c3nc(-c4ccc(F)cc4)no3)C2)c1. The number of halogens is 1. The Morgan fingerprint density at radius 2 is 1.86 bits per heavy atom. The van der Waals surface area contributed by atoms with Crippen LogP contribution in [0.4, 0.5) is 4.39 Å². The maximum absolute atomic E-state index is 13.1. The molecule has 2 aromatic carbocycles. The van der Waals surface area contributed by atoms with E-state index in [-0.39, 0.29) is 17.6 Å². The number of benzene rings is 2. The highest BCUT2D eigenvalue weighted by Gasteiger charge is 2.29. The van der Waals surface area contributed by atoms with Crippen LogP contribution in [-0.4, -0.2) is 34.0 Å². The monoisotopic (exact) mass is 379 g/mol. The summed E-state index contributed by atoms with van der Waals surface area (Å²) in [5.74, 6) is 0.699. The smallest absolute Gasteiger partial charge is 0.253 e. The molecule has 1 aliphatic rings. The van der Waals surface area contributed by atoms with Crippen molar-refractivity contribution in [2.24, 2.45) is 0 Å². The zero-order chi connectivity index (χ0) is 19.7. The first-order valence-electron chi connectivity index (χ1n) is 9.47. The molecular formula is C22H22FN3O2. The lowest BCUT2D eigenvalue weighted by atomic mass is 9.96. The van der Waals surface area contributed by atoms with Crippen LogP contribution >= 0.6 is 0 Å². The molecule has 0 radical (unpaired) electrons. The van der Waals surface area contributed by atoms with Crippen LogP contribution < -0.4 is 0 Å². The van der Waals surface area contributed by atoms with Crippen LogP contribution in [0.15, 0.2) is 47.0 Å². The van der Waals surface area contributed by atoms with Gasteiger partial charge in [-0.25, -0.2) is 4.39 Å². The number of carbonyl (C=O) groups excluding carboxylic acids is 1. The summed E-state index contributed by atoms with van der Waals surface area (Å²) in [6.07, 6.45) is 1.77. The highest BCUT2D eigenvalue weighted by Crippen LogP contribution is 2.28. The molecule has 0 N–H and O–H groups in total. The second kappa shape index (κ2) is 7.54. The quantitative estimate of drug-likeness (QED) is 0.672. The second-order valence-corrected chi connectivity index (χ2v) is 7.43. The highest BCUT2D eigenvalue weighted by molar-refractivity contribution is 5.94. The molecule has 1 saturated heterocycles. The lowest BCUT2D eigenvalue weighted by Crippen LogP contribution is -2.39. The molecule has 0 aliphatic carbocycles. The van der Waals surface area contributed by atoms with Crippen molar-refractivity contribution in [2.75, 3.05) is 13.1 Å². The van der Waals surface area contributed by atoms with Crippen molar-refractivity contribution >= 4 is 5.91 Å². The summed E-state index contributed by atoms with van der Waals surface area (Å²) in [5.41, 5.74) is 3.58. The van der Waals surface area contributed by atoms with Crippen molar-refractivity contribution in [3.63, 3.8) is 0 Å². The molecule has 1 fully saturated rings. The van der Waals surface area contributed by atoms with Crippen LogP contribution in [0.1, 0.15) is 46.1 Å². The van der Waals surface area contributed by atoms with Gasteiger partial charge in [-0.3, -0.25) is 4.79 Å². The van der Waals surface area contributed by atoms with Crippen LogP contribution in [0.5, 0.6) is 0 Å². The second-order valence-electron chi connectivity index (χ2n) is 7.43. The van der Waals surface area contributed by atoms with Gasteiger partial charge in [0.05, 0.1) is 5.92 Å². The van der Waals surface area contributed by atoms with Crippen LogP contribution in [0.2, 0.25) is 0 Å². The zero-order valence-corrected chi connectivity index (χ0v) is 16.0. The van der Waals surface area contributed by atoms with Crippen molar-refractivity contribution in [3.05, 3.63) is 70.9 Å². The summed E-state index contributed by atoms with van der Waals surface area (Å²) in [6, 6.07) is 11.9. The van der Waals surface area contributed by atoms with E-state index in [0.717, 1.165) is 36.1 Å². The molecule has 0 bridgehead atoms. The van der Waals surface area contributed by atoms with Crippen LogP contribution in [0, 0.1) is 19.7 Å². The van der Waals surface area contributed by atoms with Crippen LogP contribution in [0.25, 0.3) is 11.4 Å². The van der Waals surface area contributed by atoms with E-state index in [2.05, 4.69) is 16.2 Å². The lowest BCUT2D eigenvalue weighted by molar-refractivity contribution is 0.0695. The fourth-order valence-electron chi connectivity index (χ4n) is 3.76. The first-order valence-corrected chi connectivity index (χ1v) is 9.47. The zero-order valence-electron chi connectivity index (χ0n) is 16.0. The molecule has 1 amide bonds. The Balaban J connectivity index is 1.51. The number of amides is 1. The minimum Gasteiger partial charge on any atom is -0.339 e. The first kappa shape index (κ1) is 18.3. The molecule has 144 valence electrons. The number of rotatable bonds is 3. The third-order valence-electron chi connectivity index (χ3n) is 5.07. The van der Waals surface area contributed by atoms with E-state index >= 15 is 0 Å². The number of hydrogen-bond donors (Lipinski definition) is 0. The number of carbonyl (C=O) groups is 1. The van der Waals surface area contributed by atoms with Crippen LogP contribution in [-0.2, 0) is 0 Å². The average Bonchev–Trinajstić information content (AvgIpc) is 3.17. The third-order valence-corrected chi connectivity index (χ3v) is 5.07. The predicted molar refractivity (Wildman–Crippen MR) is 103 cm³/mol. The number of nitrogens with zero attached hydrogens (tertiary/aromatic N) is 3. The number of aryl methyl sites for hydroxylation is 2. The van der Waals surface area contributed by atoms with Crippen molar-refractivity contribution in [2.45, 2.75) is 32.6 Å². The van der Waals surface area contributed by atoms with Gasteiger partial charge in [0.1, 0.15) is 5.82 Å². The molecule has 3 aromatic rings. The molecule has 0 spiro atoms. The molecule has 1 unspecified atom stereocenters. The van der Waals surface area contributed by atoms with Crippen LogP contribution in [0.3, 0.4) is 0 Å². The van der Waals surface area contributed by atoms with E-state index < -0.39 is 0 Å². The number of hydrogen-bond acceptors (Lipinski definition) is 4.